The van der Waals surface area contributed by atoms with E-state index in [-0.39, 0.29) is 12.5 Å². The van der Waals surface area contributed by atoms with Gasteiger partial charge in [-0.15, -0.1) is 0 Å². The second-order valence-electron chi connectivity index (χ2n) is 5.12. The van der Waals surface area contributed by atoms with Gasteiger partial charge in [0.15, 0.2) is 18.1 Å². The first kappa shape index (κ1) is 18.3. The van der Waals surface area contributed by atoms with Crippen LogP contribution in [0, 0.1) is 17.2 Å². The van der Waals surface area contributed by atoms with Crippen molar-refractivity contribution in [3.8, 4) is 17.6 Å². The normalized spacial score (nSPS) is 11.4. The maximum Gasteiger partial charge on any atom is 0.326 e. The fourth-order valence-corrected chi connectivity index (χ4v) is 1.84. The second-order valence-corrected chi connectivity index (χ2v) is 5.12. The number of benzene rings is 1. The van der Waals surface area contributed by atoms with E-state index in [0.717, 1.165) is 0 Å². The summed E-state index contributed by atoms with van der Waals surface area (Å²) in [4.78, 5) is 22.9. The van der Waals surface area contributed by atoms with Gasteiger partial charge in [0.1, 0.15) is 6.04 Å². The quantitative estimate of drug-likeness (QED) is 0.752. The number of nitriles is 1. The Bertz CT molecular complexity index is 607. The van der Waals surface area contributed by atoms with Crippen LogP contribution < -0.4 is 14.8 Å². The zero-order valence-corrected chi connectivity index (χ0v) is 13.3. The lowest BCUT2D eigenvalue weighted by atomic mass is 10.1. The molecule has 0 saturated carbocycles. The van der Waals surface area contributed by atoms with Crippen LogP contribution in [0.3, 0.4) is 0 Å². The number of carboxylic acid groups (broad SMARTS) is 1. The molecule has 0 aliphatic rings. The first-order chi connectivity index (χ1) is 10.9. The molecule has 7 heteroatoms. The molecule has 2 N–H and O–H groups in total. The molecule has 0 aromatic heterocycles. The fraction of sp³-hybridized carbons (Fsp3) is 0.438. The molecule has 0 heterocycles. The molecule has 1 aromatic carbocycles. The van der Waals surface area contributed by atoms with Crippen molar-refractivity contribution in [3.05, 3.63) is 23.8 Å². The number of aliphatic carboxylic acids is 1. The molecule has 1 atom stereocenters. The van der Waals surface area contributed by atoms with Crippen molar-refractivity contribution in [3.63, 3.8) is 0 Å². The summed E-state index contributed by atoms with van der Waals surface area (Å²) < 4.78 is 10.7. The molecule has 0 aliphatic carbocycles. The van der Waals surface area contributed by atoms with Crippen molar-refractivity contribution in [1.29, 1.82) is 5.26 Å². The Balaban J connectivity index is 2.72. The number of rotatable bonds is 8. The van der Waals surface area contributed by atoms with Crippen LogP contribution in [0.1, 0.15) is 26.3 Å². The topological polar surface area (TPSA) is 109 Å². The first-order valence-electron chi connectivity index (χ1n) is 7.21. The molecule has 7 nitrogen and oxygen atoms in total. The Hall–Kier alpha value is -2.75. The minimum Gasteiger partial charge on any atom is -0.490 e. The summed E-state index contributed by atoms with van der Waals surface area (Å²) in [7, 11) is 0. The number of hydrogen-bond donors (Lipinski definition) is 2. The fourth-order valence-electron chi connectivity index (χ4n) is 1.84. The van der Waals surface area contributed by atoms with Gasteiger partial charge in [0.2, 0.25) is 0 Å². The van der Waals surface area contributed by atoms with Crippen molar-refractivity contribution >= 4 is 11.9 Å². The summed E-state index contributed by atoms with van der Waals surface area (Å²) in [5.74, 6) is -1.21. The van der Waals surface area contributed by atoms with E-state index < -0.39 is 17.9 Å². The lowest BCUT2D eigenvalue weighted by Gasteiger charge is -2.18. The van der Waals surface area contributed by atoms with Gasteiger partial charge in [-0.2, -0.15) is 5.26 Å². The van der Waals surface area contributed by atoms with Crippen LogP contribution in [0.5, 0.6) is 11.5 Å². The molecule has 0 radical (unpaired) electrons. The van der Waals surface area contributed by atoms with E-state index in [0.29, 0.717) is 23.7 Å². The van der Waals surface area contributed by atoms with Gasteiger partial charge < -0.3 is 19.9 Å². The standard InChI is InChI=1S/C16H20N2O5/c1-4-22-13-7-11(8-17)5-6-12(13)23-9-14(19)18-15(10(2)3)16(20)21/h5-7,10,15H,4,9H2,1-3H3,(H,18,19)(H,20,21). The SMILES string of the molecule is CCOc1cc(C#N)ccc1OCC(=O)NC(C(=O)O)C(C)C. The number of nitrogens with one attached hydrogen (secondary N) is 1. The van der Waals surface area contributed by atoms with Crippen LogP contribution >= 0.6 is 0 Å². The third-order valence-electron chi connectivity index (χ3n) is 2.98. The molecule has 0 fully saturated rings. The highest BCUT2D eigenvalue weighted by Gasteiger charge is 2.23. The van der Waals surface area contributed by atoms with Crippen LogP contribution in [-0.2, 0) is 9.59 Å². The molecular weight excluding hydrogens is 300 g/mol. The lowest BCUT2D eigenvalue weighted by molar-refractivity contribution is -0.143. The van der Waals surface area contributed by atoms with E-state index in [1.54, 1.807) is 26.8 Å². The maximum absolute atomic E-state index is 11.8. The maximum atomic E-state index is 11.8. The highest BCUT2D eigenvalue weighted by Crippen LogP contribution is 2.28. The number of carbonyl (C=O) groups excluding carboxylic acids is 1. The second kappa shape index (κ2) is 8.63. The van der Waals surface area contributed by atoms with Gasteiger partial charge in [-0.25, -0.2) is 4.79 Å². The van der Waals surface area contributed by atoms with Crippen LogP contribution in [0.4, 0.5) is 0 Å². The highest BCUT2D eigenvalue weighted by molar-refractivity contribution is 5.84. The highest BCUT2D eigenvalue weighted by atomic mass is 16.5. The number of amides is 1. The van der Waals surface area contributed by atoms with Gasteiger partial charge in [0, 0.05) is 6.07 Å². The molecule has 1 amide bonds. The molecule has 0 bridgehead atoms. The Kier molecular flexibility index (Phi) is 6.87. The average Bonchev–Trinajstić information content (AvgIpc) is 2.50. The monoisotopic (exact) mass is 320 g/mol. The van der Waals surface area contributed by atoms with Crippen LogP contribution in [0.2, 0.25) is 0 Å². The Labute approximate surface area is 134 Å². The number of nitrogens with zero attached hydrogens (tertiary/aromatic N) is 1. The Morgan fingerprint density at radius 3 is 2.52 bits per heavy atom. The van der Waals surface area contributed by atoms with E-state index in [4.69, 9.17) is 19.8 Å². The van der Waals surface area contributed by atoms with Crippen molar-refractivity contribution in [2.75, 3.05) is 13.2 Å². The zero-order chi connectivity index (χ0) is 17.4. The van der Waals surface area contributed by atoms with Gasteiger partial charge in [0.25, 0.3) is 5.91 Å². The largest absolute Gasteiger partial charge is 0.490 e. The number of hydrogen-bond acceptors (Lipinski definition) is 5. The van der Waals surface area contributed by atoms with E-state index in [1.165, 1.54) is 12.1 Å². The van der Waals surface area contributed by atoms with Crippen LogP contribution in [0.15, 0.2) is 18.2 Å². The first-order valence-corrected chi connectivity index (χ1v) is 7.21. The predicted octanol–water partition coefficient (Wildman–Crippen LogP) is 1.56. The predicted molar refractivity (Wildman–Crippen MR) is 82.2 cm³/mol. The van der Waals surface area contributed by atoms with Gasteiger partial charge in [0.05, 0.1) is 18.2 Å². The summed E-state index contributed by atoms with van der Waals surface area (Å²) in [5, 5.41) is 20.3. The summed E-state index contributed by atoms with van der Waals surface area (Å²) >= 11 is 0. The van der Waals surface area contributed by atoms with Gasteiger partial charge >= 0.3 is 5.97 Å². The van der Waals surface area contributed by atoms with E-state index in [2.05, 4.69) is 5.32 Å². The van der Waals surface area contributed by atoms with Gasteiger partial charge in [-0.1, -0.05) is 13.8 Å². The molecule has 1 aromatic rings. The third kappa shape index (κ3) is 5.51. The van der Waals surface area contributed by atoms with Crippen molar-refractivity contribution in [1.82, 2.24) is 5.32 Å². The van der Waals surface area contributed by atoms with E-state index >= 15 is 0 Å². The molecule has 23 heavy (non-hydrogen) atoms. The summed E-state index contributed by atoms with van der Waals surface area (Å²) in [6, 6.07) is 5.62. The van der Waals surface area contributed by atoms with Crippen molar-refractivity contribution < 1.29 is 24.2 Å². The molecule has 0 saturated heterocycles. The average molecular weight is 320 g/mol. The zero-order valence-electron chi connectivity index (χ0n) is 13.3. The molecule has 0 aliphatic heterocycles. The number of ether oxygens (including phenoxy) is 2. The van der Waals surface area contributed by atoms with Crippen LogP contribution in [-0.4, -0.2) is 36.2 Å². The summed E-state index contributed by atoms with van der Waals surface area (Å²) in [6.07, 6.45) is 0. The summed E-state index contributed by atoms with van der Waals surface area (Å²) in [5.41, 5.74) is 0.413. The van der Waals surface area contributed by atoms with Crippen molar-refractivity contribution in [2.24, 2.45) is 5.92 Å². The van der Waals surface area contributed by atoms with Gasteiger partial charge in [-0.05, 0) is 25.0 Å². The van der Waals surface area contributed by atoms with E-state index in [1.807, 2.05) is 6.07 Å². The molecule has 1 rings (SSSR count). The third-order valence-corrected chi connectivity index (χ3v) is 2.98. The lowest BCUT2D eigenvalue weighted by Crippen LogP contribution is -2.46. The number of carbonyl (C=O) groups is 2. The smallest absolute Gasteiger partial charge is 0.326 e. The molecule has 1 unspecified atom stereocenters. The minimum absolute atomic E-state index is 0.245. The summed E-state index contributed by atoms with van der Waals surface area (Å²) in [6.45, 7) is 5.23. The molecule has 124 valence electrons. The number of carboxylic acids is 1. The molecular formula is C16H20N2O5. The van der Waals surface area contributed by atoms with Crippen molar-refractivity contribution in [2.45, 2.75) is 26.8 Å². The Morgan fingerprint density at radius 2 is 2.00 bits per heavy atom. The van der Waals surface area contributed by atoms with Crippen LogP contribution in [0.25, 0.3) is 0 Å². The minimum atomic E-state index is -1.10. The van der Waals surface area contributed by atoms with Gasteiger partial charge in [-0.3, -0.25) is 4.79 Å². The molecule has 0 spiro atoms. The van der Waals surface area contributed by atoms with E-state index in [9.17, 15) is 9.59 Å². The Morgan fingerprint density at radius 1 is 1.30 bits per heavy atom.